The highest BCUT2D eigenvalue weighted by Gasteiger charge is 2.29. The summed E-state index contributed by atoms with van der Waals surface area (Å²) in [6.07, 6.45) is 4.12. The molecule has 8 heteroatoms. The number of hydrogen-bond acceptors (Lipinski definition) is 5. The topological polar surface area (TPSA) is 113 Å². The number of hydrogen-bond donors (Lipinski definition) is 4. The number of nitrogens with one attached hydrogen (secondary N) is 3. The van der Waals surface area contributed by atoms with E-state index >= 15 is 0 Å². The standard InChI is InChI=1S/C21H24N4O4/c26-14-19-18(25-21(28)24-15-6-2-1-3-7-15)10-9-17(29-19)12-20(27)23-13-16-8-4-5-11-22-16/h1-11,17-19,26H,12-14H2,(H,23,27)(H2,24,25,28)/t17-,18-,19+/m1/s1. The molecule has 29 heavy (non-hydrogen) atoms. The summed E-state index contributed by atoms with van der Waals surface area (Å²) < 4.78 is 5.77. The molecule has 2 aromatic rings. The predicted octanol–water partition coefficient (Wildman–Crippen LogP) is 1.59. The van der Waals surface area contributed by atoms with E-state index < -0.39 is 24.3 Å². The lowest BCUT2D eigenvalue weighted by Crippen LogP contribution is -2.50. The molecule has 3 atom stereocenters. The molecule has 0 radical (unpaired) electrons. The Kier molecular flexibility index (Phi) is 7.32. The second-order valence-corrected chi connectivity index (χ2v) is 6.57. The second-order valence-electron chi connectivity index (χ2n) is 6.57. The van der Waals surface area contributed by atoms with Gasteiger partial charge in [-0.3, -0.25) is 9.78 Å². The van der Waals surface area contributed by atoms with E-state index in [1.54, 1.807) is 30.5 Å². The van der Waals surface area contributed by atoms with E-state index in [1.807, 2.05) is 36.4 Å². The van der Waals surface area contributed by atoms with Gasteiger partial charge in [-0.15, -0.1) is 0 Å². The van der Waals surface area contributed by atoms with Crippen LogP contribution in [-0.4, -0.2) is 46.9 Å². The van der Waals surface area contributed by atoms with Crippen LogP contribution in [0.1, 0.15) is 12.1 Å². The molecule has 0 unspecified atom stereocenters. The lowest BCUT2D eigenvalue weighted by molar-refractivity contribution is -0.125. The summed E-state index contributed by atoms with van der Waals surface area (Å²) in [5, 5.41) is 17.9. The summed E-state index contributed by atoms with van der Waals surface area (Å²) in [5.41, 5.74) is 1.43. The van der Waals surface area contributed by atoms with Crippen molar-refractivity contribution in [2.24, 2.45) is 0 Å². The van der Waals surface area contributed by atoms with Gasteiger partial charge in [0.15, 0.2) is 0 Å². The summed E-state index contributed by atoms with van der Waals surface area (Å²) in [7, 11) is 0. The number of aromatic nitrogens is 1. The van der Waals surface area contributed by atoms with Gasteiger partial charge in [-0.2, -0.15) is 0 Å². The molecule has 0 saturated carbocycles. The Labute approximate surface area is 169 Å². The fourth-order valence-corrected chi connectivity index (χ4v) is 2.92. The molecule has 1 aromatic carbocycles. The number of carbonyl (C=O) groups is 2. The summed E-state index contributed by atoms with van der Waals surface area (Å²) in [5.74, 6) is -0.185. The van der Waals surface area contributed by atoms with Crippen LogP contribution < -0.4 is 16.0 Å². The summed E-state index contributed by atoms with van der Waals surface area (Å²) in [6, 6.07) is 13.6. The fraction of sp³-hybridized carbons (Fsp3) is 0.286. The first-order chi connectivity index (χ1) is 14.1. The Balaban J connectivity index is 1.48. The highest BCUT2D eigenvalue weighted by atomic mass is 16.5. The quantitative estimate of drug-likeness (QED) is 0.531. The number of amides is 3. The second kappa shape index (κ2) is 10.4. The fourth-order valence-electron chi connectivity index (χ4n) is 2.92. The first-order valence-corrected chi connectivity index (χ1v) is 9.38. The molecule has 4 N–H and O–H groups in total. The van der Waals surface area contributed by atoms with Crippen molar-refractivity contribution in [2.45, 2.75) is 31.2 Å². The van der Waals surface area contributed by atoms with Crippen molar-refractivity contribution < 1.29 is 19.4 Å². The molecule has 1 aromatic heterocycles. The largest absolute Gasteiger partial charge is 0.394 e. The van der Waals surface area contributed by atoms with Crippen LogP contribution in [0, 0.1) is 0 Å². The van der Waals surface area contributed by atoms with Gasteiger partial charge in [-0.1, -0.05) is 36.4 Å². The Bertz CT molecular complexity index is 829. The first kappa shape index (κ1) is 20.5. The number of para-hydroxylation sites is 1. The molecule has 1 aliphatic heterocycles. The minimum atomic E-state index is -0.643. The zero-order valence-electron chi connectivity index (χ0n) is 15.8. The van der Waals surface area contributed by atoms with Gasteiger partial charge in [0, 0.05) is 11.9 Å². The molecule has 0 saturated heterocycles. The van der Waals surface area contributed by atoms with Crippen LogP contribution >= 0.6 is 0 Å². The Morgan fingerprint density at radius 2 is 1.86 bits per heavy atom. The van der Waals surface area contributed by atoms with Gasteiger partial charge < -0.3 is 25.8 Å². The maximum absolute atomic E-state index is 12.2. The molecular formula is C21H24N4O4. The van der Waals surface area contributed by atoms with Crippen LogP contribution in [0.5, 0.6) is 0 Å². The Hall–Kier alpha value is -3.23. The molecule has 0 bridgehead atoms. The van der Waals surface area contributed by atoms with Crippen LogP contribution in [0.15, 0.2) is 66.9 Å². The van der Waals surface area contributed by atoms with Crippen molar-refractivity contribution in [2.75, 3.05) is 11.9 Å². The average Bonchev–Trinajstić information content (AvgIpc) is 2.74. The maximum atomic E-state index is 12.2. The number of aliphatic hydroxyl groups excluding tert-OH is 1. The predicted molar refractivity (Wildman–Crippen MR) is 108 cm³/mol. The minimum absolute atomic E-state index is 0.114. The average molecular weight is 396 g/mol. The zero-order valence-corrected chi connectivity index (χ0v) is 15.8. The van der Waals surface area contributed by atoms with Crippen LogP contribution in [-0.2, 0) is 16.1 Å². The third-order valence-corrected chi connectivity index (χ3v) is 4.37. The monoisotopic (exact) mass is 396 g/mol. The number of aliphatic hydroxyl groups is 1. The van der Waals surface area contributed by atoms with Gasteiger partial charge in [0.1, 0.15) is 6.10 Å². The van der Waals surface area contributed by atoms with E-state index in [-0.39, 0.29) is 18.9 Å². The van der Waals surface area contributed by atoms with Crippen LogP contribution in [0.4, 0.5) is 10.5 Å². The lowest BCUT2D eigenvalue weighted by atomic mass is 10.0. The third-order valence-electron chi connectivity index (χ3n) is 4.37. The van der Waals surface area contributed by atoms with E-state index in [9.17, 15) is 14.7 Å². The molecule has 0 aliphatic carbocycles. The van der Waals surface area contributed by atoms with Gasteiger partial charge in [0.25, 0.3) is 0 Å². The third kappa shape index (κ3) is 6.41. The molecule has 0 fully saturated rings. The molecular weight excluding hydrogens is 372 g/mol. The molecule has 8 nitrogen and oxygen atoms in total. The smallest absolute Gasteiger partial charge is 0.319 e. The number of anilines is 1. The Morgan fingerprint density at radius 1 is 1.07 bits per heavy atom. The van der Waals surface area contributed by atoms with E-state index in [2.05, 4.69) is 20.9 Å². The SMILES string of the molecule is O=C(C[C@H]1C=C[C@@H](NC(=O)Nc2ccccc2)[C@H](CO)O1)NCc1ccccn1. The molecule has 2 heterocycles. The van der Waals surface area contributed by atoms with Gasteiger partial charge in [0.05, 0.1) is 37.4 Å². The van der Waals surface area contributed by atoms with Gasteiger partial charge in [-0.05, 0) is 24.3 Å². The number of urea groups is 1. The lowest BCUT2D eigenvalue weighted by Gasteiger charge is -2.31. The molecule has 3 amide bonds. The van der Waals surface area contributed by atoms with Gasteiger partial charge in [-0.25, -0.2) is 4.79 Å². The minimum Gasteiger partial charge on any atom is -0.394 e. The van der Waals surface area contributed by atoms with Gasteiger partial charge in [0.2, 0.25) is 5.91 Å². The van der Waals surface area contributed by atoms with Crippen molar-refractivity contribution in [3.05, 3.63) is 72.6 Å². The molecule has 1 aliphatic rings. The van der Waals surface area contributed by atoms with Crippen LogP contribution in [0.3, 0.4) is 0 Å². The van der Waals surface area contributed by atoms with Crippen molar-refractivity contribution in [1.29, 1.82) is 0 Å². The van der Waals surface area contributed by atoms with Crippen molar-refractivity contribution in [3.8, 4) is 0 Å². The number of nitrogens with zero attached hydrogens (tertiary/aromatic N) is 1. The van der Waals surface area contributed by atoms with E-state index in [4.69, 9.17) is 4.74 Å². The number of ether oxygens (including phenoxy) is 1. The zero-order chi connectivity index (χ0) is 20.5. The first-order valence-electron chi connectivity index (χ1n) is 9.38. The van der Waals surface area contributed by atoms with E-state index in [0.29, 0.717) is 12.2 Å². The summed E-state index contributed by atoms with van der Waals surface area (Å²) >= 11 is 0. The normalized spacial score (nSPS) is 20.7. The molecule has 152 valence electrons. The highest BCUT2D eigenvalue weighted by molar-refractivity contribution is 5.89. The van der Waals surface area contributed by atoms with Crippen molar-refractivity contribution >= 4 is 17.6 Å². The van der Waals surface area contributed by atoms with E-state index in [0.717, 1.165) is 5.69 Å². The number of benzene rings is 1. The highest BCUT2D eigenvalue weighted by Crippen LogP contribution is 2.16. The number of rotatable bonds is 7. The van der Waals surface area contributed by atoms with Crippen molar-refractivity contribution in [3.63, 3.8) is 0 Å². The Morgan fingerprint density at radius 3 is 2.59 bits per heavy atom. The molecule has 3 rings (SSSR count). The van der Waals surface area contributed by atoms with E-state index in [1.165, 1.54) is 0 Å². The van der Waals surface area contributed by atoms with Crippen LogP contribution in [0.2, 0.25) is 0 Å². The maximum Gasteiger partial charge on any atom is 0.319 e. The number of carbonyl (C=O) groups excluding carboxylic acids is 2. The molecule has 0 spiro atoms. The van der Waals surface area contributed by atoms with Crippen molar-refractivity contribution in [1.82, 2.24) is 15.6 Å². The number of pyridine rings is 1. The van der Waals surface area contributed by atoms with Crippen LogP contribution in [0.25, 0.3) is 0 Å². The summed E-state index contributed by atoms with van der Waals surface area (Å²) in [6.45, 7) is 0.0516. The van der Waals surface area contributed by atoms with Gasteiger partial charge >= 0.3 is 6.03 Å². The summed E-state index contributed by atoms with van der Waals surface area (Å²) in [4.78, 5) is 28.5.